The van der Waals surface area contributed by atoms with Crippen molar-refractivity contribution in [1.29, 1.82) is 0 Å². The molecule has 2 heteroatoms. The van der Waals surface area contributed by atoms with Crippen LogP contribution < -0.4 is 0 Å². The molecule has 0 aliphatic rings. The van der Waals surface area contributed by atoms with Gasteiger partial charge in [0, 0.05) is 6.42 Å². The highest BCUT2D eigenvalue weighted by atomic mass is 16.5. The van der Waals surface area contributed by atoms with Crippen LogP contribution in [-0.4, -0.2) is 12.6 Å². The summed E-state index contributed by atoms with van der Waals surface area (Å²) < 4.78 is 5.15. The zero-order valence-electron chi connectivity index (χ0n) is 16.2. The van der Waals surface area contributed by atoms with Crippen LogP contribution in [0.25, 0.3) is 0 Å². The predicted molar refractivity (Wildman–Crippen MR) is 105 cm³/mol. The number of carbonyl (C=O) groups excluding carboxylic acids is 1. The molecule has 0 spiro atoms. The Hall–Kier alpha value is -1.05. The lowest BCUT2D eigenvalue weighted by Gasteiger charge is -2.03. The molecule has 0 saturated carbocycles. The average molecular weight is 337 g/mol. The van der Waals surface area contributed by atoms with Gasteiger partial charge < -0.3 is 4.74 Å². The van der Waals surface area contributed by atoms with Gasteiger partial charge in [-0.1, -0.05) is 83.1 Å². The summed E-state index contributed by atoms with van der Waals surface area (Å²) in [6.45, 7) is 4.95. The number of esters is 1. The number of hydrogen-bond donors (Lipinski definition) is 0. The van der Waals surface area contributed by atoms with E-state index in [2.05, 4.69) is 38.2 Å². The van der Waals surface area contributed by atoms with Crippen molar-refractivity contribution in [1.82, 2.24) is 0 Å². The van der Waals surface area contributed by atoms with Gasteiger partial charge in [0.2, 0.25) is 0 Å². The van der Waals surface area contributed by atoms with E-state index in [1.54, 1.807) is 0 Å². The molecular weight excluding hydrogens is 296 g/mol. The molecule has 0 amide bonds. The van der Waals surface area contributed by atoms with Crippen LogP contribution >= 0.6 is 0 Å². The van der Waals surface area contributed by atoms with Crippen LogP contribution in [0.15, 0.2) is 24.3 Å². The van der Waals surface area contributed by atoms with Gasteiger partial charge in [0.25, 0.3) is 0 Å². The highest BCUT2D eigenvalue weighted by Crippen LogP contribution is 2.08. The predicted octanol–water partition coefficient (Wildman–Crippen LogP) is 7.14. The standard InChI is InChI=1S/C22H40O2/c1-3-5-7-8-9-10-11-12-13-14-15-16-17-18-19-20-22(23)24-21-6-4-2/h10-13H,3-9,14-21H2,1-2H3/b11-10+,13-12+. The molecule has 0 unspecified atom stereocenters. The number of carbonyl (C=O) groups is 1. The average Bonchev–Trinajstić information content (AvgIpc) is 2.58. The van der Waals surface area contributed by atoms with Crippen molar-refractivity contribution < 1.29 is 9.53 Å². The topological polar surface area (TPSA) is 26.3 Å². The van der Waals surface area contributed by atoms with Crippen molar-refractivity contribution in [3.05, 3.63) is 24.3 Å². The summed E-state index contributed by atoms with van der Waals surface area (Å²) in [6.07, 6.45) is 25.2. The van der Waals surface area contributed by atoms with Gasteiger partial charge in [0.1, 0.15) is 0 Å². The molecule has 2 nitrogen and oxygen atoms in total. The van der Waals surface area contributed by atoms with Crippen molar-refractivity contribution >= 4 is 5.97 Å². The van der Waals surface area contributed by atoms with Gasteiger partial charge >= 0.3 is 5.97 Å². The Morgan fingerprint density at radius 3 is 1.88 bits per heavy atom. The van der Waals surface area contributed by atoms with Crippen molar-refractivity contribution in [3.8, 4) is 0 Å². The van der Waals surface area contributed by atoms with Crippen LogP contribution in [0.3, 0.4) is 0 Å². The summed E-state index contributed by atoms with van der Waals surface area (Å²) in [5.74, 6) is -0.0205. The first-order valence-corrected chi connectivity index (χ1v) is 10.3. The first kappa shape index (κ1) is 22.9. The molecule has 0 N–H and O–H groups in total. The molecule has 0 aromatic carbocycles. The Morgan fingerprint density at radius 1 is 0.708 bits per heavy atom. The third-order valence-electron chi connectivity index (χ3n) is 4.12. The van der Waals surface area contributed by atoms with E-state index in [-0.39, 0.29) is 5.97 Å². The minimum Gasteiger partial charge on any atom is -0.466 e. The normalized spacial score (nSPS) is 11.6. The second-order valence-electron chi connectivity index (χ2n) is 6.59. The Bertz CT molecular complexity index is 318. The first-order chi connectivity index (χ1) is 11.8. The molecule has 0 heterocycles. The zero-order chi connectivity index (χ0) is 17.7. The molecule has 0 bridgehead atoms. The van der Waals surface area contributed by atoms with E-state index in [1.807, 2.05) is 0 Å². The van der Waals surface area contributed by atoms with E-state index < -0.39 is 0 Å². The van der Waals surface area contributed by atoms with E-state index >= 15 is 0 Å². The fraction of sp³-hybridized carbons (Fsp3) is 0.773. The lowest BCUT2D eigenvalue weighted by Crippen LogP contribution is -2.05. The Balaban J connectivity index is 3.25. The van der Waals surface area contributed by atoms with Crippen LogP contribution in [0.4, 0.5) is 0 Å². The molecular formula is C22H40O2. The molecule has 0 fully saturated rings. The highest BCUT2D eigenvalue weighted by molar-refractivity contribution is 5.69. The monoisotopic (exact) mass is 336 g/mol. The van der Waals surface area contributed by atoms with Crippen molar-refractivity contribution in [2.45, 2.75) is 104 Å². The van der Waals surface area contributed by atoms with E-state index in [4.69, 9.17) is 4.74 Å². The van der Waals surface area contributed by atoms with Gasteiger partial charge in [-0.15, -0.1) is 0 Å². The maximum Gasteiger partial charge on any atom is 0.305 e. The molecule has 0 atom stereocenters. The van der Waals surface area contributed by atoms with E-state index in [0.717, 1.165) is 25.7 Å². The summed E-state index contributed by atoms with van der Waals surface area (Å²) in [4.78, 5) is 11.4. The second-order valence-corrected chi connectivity index (χ2v) is 6.59. The second kappa shape index (κ2) is 20.0. The molecule has 0 aromatic rings. The minimum absolute atomic E-state index is 0.0205. The zero-order valence-corrected chi connectivity index (χ0v) is 16.2. The largest absolute Gasteiger partial charge is 0.466 e. The number of hydrogen-bond acceptors (Lipinski definition) is 2. The third-order valence-corrected chi connectivity index (χ3v) is 4.12. The molecule has 0 rings (SSSR count). The maximum absolute atomic E-state index is 11.4. The lowest BCUT2D eigenvalue weighted by atomic mass is 10.1. The van der Waals surface area contributed by atoms with E-state index in [9.17, 15) is 4.79 Å². The van der Waals surface area contributed by atoms with Gasteiger partial charge in [-0.3, -0.25) is 4.79 Å². The molecule has 0 saturated heterocycles. The number of unbranched alkanes of at least 4 members (excludes halogenated alkanes) is 10. The Kier molecular flexibility index (Phi) is 19.1. The van der Waals surface area contributed by atoms with E-state index in [1.165, 1.54) is 57.8 Å². The van der Waals surface area contributed by atoms with Gasteiger partial charge in [-0.05, 0) is 38.5 Å². The molecule has 24 heavy (non-hydrogen) atoms. The first-order valence-electron chi connectivity index (χ1n) is 10.3. The highest BCUT2D eigenvalue weighted by Gasteiger charge is 2.01. The number of allylic oxidation sites excluding steroid dienone is 4. The van der Waals surface area contributed by atoms with Crippen molar-refractivity contribution in [3.63, 3.8) is 0 Å². The molecule has 0 radical (unpaired) electrons. The van der Waals surface area contributed by atoms with Gasteiger partial charge in [0.15, 0.2) is 0 Å². The smallest absolute Gasteiger partial charge is 0.305 e. The minimum atomic E-state index is -0.0205. The fourth-order valence-electron chi connectivity index (χ4n) is 2.50. The lowest BCUT2D eigenvalue weighted by molar-refractivity contribution is -0.143. The van der Waals surface area contributed by atoms with Gasteiger partial charge in [-0.2, -0.15) is 0 Å². The maximum atomic E-state index is 11.4. The molecule has 0 aromatic heterocycles. The molecule has 0 aliphatic carbocycles. The van der Waals surface area contributed by atoms with Crippen LogP contribution in [0.2, 0.25) is 0 Å². The summed E-state index contributed by atoms with van der Waals surface area (Å²) in [5, 5.41) is 0. The van der Waals surface area contributed by atoms with Crippen LogP contribution in [0, 0.1) is 0 Å². The molecule has 0 aliphatic heterocycles. The SMILES string of the molecule is CCCCCC/C=C/C=C/CCCCCCCC(=O)OCCCC. The van der Waals surface area contributed by atoms with E-state index in [0.29, 0.717) is 13.0 Å². The number of ether oxygens (including phenoxy) is 1. The van der Waals surface area contributed by atoms with Crippen LogP contribution in [0.1, 0.15) is 104 Å². The Morgan fingerprint density at radius 2 is 1.25 bits per heavy atom. The quantitative estimate of drug-likeness (QED) is 0.160. The third kappa shape index (κ3) is 19.0. The summed E-state index contributed by atoms with van der Waals surface area (Å²) in [5.41, 5.74) is 0. The Labute approximate surface area is 150 Å². The fourth-order valence-corrected chi connectivity index (χ4v) is 2.50. The number of rotatable bonds is 17. The van der Waals surface area contributed by atoms with Crippen LogP contribution in [-0.2, 0) is 9.53 Å². The van der Waals surface area contributed by atoms with Gasteiger partial charge in [0.05, 0.1) is 6.61 Å². The summed E-state index contributed by atoms with van der Waals surface area (Å²) in [7, 11) is 0. The van der Waals surface area contributed by atoms with Crippen LogP contribution in [0.5, 0.6) is 0 Å². The summed E-state index contributed by atoms with van der Waals surface area (Å²) in [6, 6.07) is 0. The van der Waals surface area contributed by atoms with Crippen molar-refractivity contribution in [2.24, 2.45) is 0 Å². The van der Waals surface area contributed by atoms with Gasteiger partial charge in [-0.25, -0.2) is 0 Å². The molecule has 140 valence electrons. The van der Waals surface area contributed by atoms with Crippen molar-refractivity contribution in [2.75, 3.05) is 6.61 Å². The summed E-state index contributed by atoms with van der Waals surface area (Å²) >= 11 is 0.